The normalized spacial score (nSPS) is 11.4. The first-order valence-electron chi connectivity index (χ1n) is 10.4. The van der Waals surface area contributed by atoms with Gasteiger partial charge in [-0.15, -0.1) is 0 Å². The number of fused-ring (bicyclic) bond motifs is 1. The molecule has 0 atom stereocenters. The molecule has 0 fully saturated rings. The lowest BCUT2D eigenvalue weighted by Gasteiger charge is -2.02. The average Bonchev–Trinajstić information content (AvgIpc) is 3.50. The number of aliphatic imine (C=N–C) groups is 1. The highest BCUT2D eigenvalue weighted by Gasteiger charge is 2.13. The van der Waals surface area contributed by atoms with Crippen LogP contribution in [0.15, 0.2) is 86.6 Å². The number of ether oxygens (including phenoxy) is 1. The Balaban J connectivity index is 1.38. The van der Waals surface area contributed by atoms with Crippen LogP contribution in [-0.2, 0) is 0 Å². The third-order valence-electron chi connectivity index (χ3n) is 5.37. The van der Waals surface area contributed by atoms with Gasteiger partial charge in [0.25, 0.3) is 5.69 Å². The predicted octanol–water partition coefficient (Wildman–Crippen LogP) is 6.73. The van der Waals surface area contributed by atoms with Crippen LogP contribution >= 0.6 is 0 Å². The van der Waals surface area contributed by atoms with Gasteiger partial charge in [0.05, 0.1) is 23.9 Å². The van der Waals surface area contributed by atoms with Crippen molar-refractivity contribution in [1.29, 1.82) is 0 Å². The summed E-state index contributed by atoms with van der Waals surface area (Å²) in [6, 6.07) is 21.2. The van der Waals surface area contributed by atoms with Crippen LogP contribution in [0.25, 0.3) is 33.9 Å². The van der Waals surface area contributed by atoms with Crippen LogP contribution in [0.2, 0.25) is 0 Å². The highest BCUT2D eigenvalue weighted by Crippen LogP contribution is 2.30. The Bertz CT molecular complexity index is 1530. The molecule has 0 spiro atoms. The van der Waals surface area contributed by atoms with E-state index in [1.165, 1.54) is 12.1 Å². The number of hydrogen-bond donors (Lipinski definition) is 0. The third kappa shape index (κ3) is 4.16. The van der Waals surface area contributed by atoms with Gasteiger partial charge < -0.3 is 13.6 Å². The number of rotatable bonds is 6. The predicted molar refractivity (Wildman–Crippen MR) is 129 cm³/mol. The van der Waals surface area contributed by atoms with Crippen molar-refractivity contribution in [2.24, 2.45) is 4.99 Å². The molecule has 5 aromatic rings. The fraction of sp³-hybridized carbons (Fsp3) is 0.0769. The maximum Gasteiger partial charge on any atom is 0.270 e. The molecule has 0 unspecified atom stereocenters. The number of methoxy groups -OCH3 is 1. The van der Waals surface area contributed by atoms with Crippen molar-refractivity contribution in [3.8, 4) is 28.5 Å². The van der Waals surface area contributed by atoms with Gasteiger partial charge >= 0.3 is 0 Å². The minimum absolute atomic E-state index is 0.0159. The van der Waals surface area contributed by atoms with Crippen LogP contribution in [-0.4, -0.2) is 23.2 Å². The van der Waals surface area contributed by atoms with E-state index in [0.717, 1.165) is 16.9 Å². The van der Waals surface area contributed by atoms with Gasteiger partial charge in [-0.05, 0) is 67.1 Å². The van der Waals surface area contributed by atoms with Crippen LogP contribution in [0, 0.1) is 17.0 Å². The molecule has 0 saturated carbocycles. The van der Waals surface area contributed by atoms with Gasteiger partial charge in [-0.1, -0.05) is 6.07 Å². The molecule has 0 bridgehead atoms. The fourth-order valence-electron chi connectivity index (χ4n) is 3.55. The van der Waals surface area contributed by atoms with Gasteiger partial charge in [-0.25, -0.2) is 4.98 Å². The van der Waals surface area contributed by atoms with Gasteiger partial charge in [0.15, 0.2) is 5.58 Å². The van der Waals surface area contributed by atoms with Gasteiger partial charge in [0.2, 0.25) is 5.89 Å². The SMILES string of the molecule is COc1ccc(-c2nc3cc(N=Cc4ccc(-c5cc([N+](=O)[O-])ccc5C)o4)ccc3o2)cc1. The van der Waals surface area contributed by atoms with Crippen molar-refractivity contribution >= 4 is 28.7 Å². The number of aryl methyl sites for hydroxylation is 1. The highest BCUT2D eigenvalue weighted by atomic mass is 16.6. The summed E-state index contributed by atoms with van der Waals surface area (Å²) in [5.74, 6) is 2.35. The highest BCUT2D eigenvalue weighted by molar-refractivity contribution is 5.84. The maximum absolute atomic E-state index is 11.1. The van der Waals surface area contributed by atoms with E-state index in [9.17, 15) is 10.1 Å². The van der Waals surface area contributed by atoms with Gasteiger partial charge in [-0.2, -0.15) is 0 Å². The molecule has 8 heteroatoms. The van der Waals surface area contributed by atoms with Crippen molar-refractivity contribution in [2.45, 2.75) is 6.92 Å². The smallest absolute Gasteiger partial charge is 0.270 e. The summed E-state index contributed by atoms with van der Waals surface area (Å²) in [4.78, 5) is 19.7. The zero-order chi connectivity index (χ0) is 23.7. The van der Waals surface area contributed by atoms with Crippen LogP contribution in [0.4, 0.5) is 11.4 Å². The number of aromatic nitrogens is 1. The van der Waals surface area contributed by atoms with Crippen molar-refractivity contribution in [2.75, 3.05) is 7.11 Å². The average molecular weight is 453 g/mol. The lowest BCUT2D eigenvalue weighted by atomic mass is 10.1. The summed E-state index contributed by atoms with van der Waals surface area (Å²) in [6.07, 6.45) is 1.60. The molecular formula is C26H19N3O5. The summed E-state index contributed by atoms with van der Waals surface area (Å²) in [6.45, 7) is 1.88. The molecule has 8 nitrogen and oxygen atoms in total. The first kappa shape index (κ1) is 21.1. The van der Waals surface area contributed by atoms with E-state index < -0.39 is 4.92 Å². The maximum atomic E-state index is 11.1. The van der Waals surface area contributed by atoms with Crippen LogP contribution in [0.5, 0.6) is 5.75 Å². The molecule has 0 saturated heterocycles. The van der Waals surface area contributed by atoms with E-state index in [0.29, 0.717) is 39.8 Å². The lowest BCUT2D eigenvalue weighted by molar-refractivity contribution is -0.384. The zero-order valence-electron chi connectivity index (χ0n) is 18.4. The van der Waals surface area contributed by atoms with Gasteiger partial charge in [0.1, 0.15) is 22.8 Å². The van der Waals surface area contributed by atoms with E-state index in [4.69, 9.17) is 13.6 Å². The van der Waals surface area contributed by atoms with Crippen LogP contribution in [0.1, 0.15) is 11.3 Å². The second-order valence-corrected chi connectivity index (χ2v) is 7.62. The third-order valence-corrected chi connectivity index (χ3v) is 5.37. The summed E-state index contributed by atoms with van der Waals surface area (Å²) in [5, 5.41) is 11.1. The number of non-ortho nitro benzene ring substituents is 1. The molecule has 168 valence electrons. The minimum Gasteiger partial charge on any atom is -0.497 e. The molecule has 5 rings (SSSR count). The summed E-state index contributed by atoms with van der Waals surface area (Å²) < 4.78 is 16.9. The molecule has 34 heavy (non-hydrogen) atoms. The molecule has 2 aromatic heterocycles. The van der Waals surface area contributed by atoms with Gasteiger partial charge in [-0.3, -0.25) is 15.1 Å². The Labute approximate surface area is 194 Å². The summed E-state index contributed by atoms with van der Waals surface area (Å²) in [5.41, 5.74) is 4.45. The standard InChI is InChI=1S/C26H19N3O5/c1-16-3-7-19(29(30)31)14-22(16)24-12-10-21(33-24)15-27-18-6-11-25-23(13-18)28-26(34-25)17-4-8-20(32-2)9-5-17/h3-15H,1-2H3. The number of oxazole rings is 1. The fourth-order valence-corrected chi connectivity index (χ4v) is 3.55. The summed E-state index contributed by atoms with van der Waals surface area (Å²) >= 11 is 0. The van der Waals surface area contributed by atoms with Crippen molar-refractivity contribution in [3.63, 3.8) is 0 Å². The molecule has 3 aromatic carbocycles. The Morgan fingerprint density at radius 1 is 1.00 bits per heavy atom. The Morgan fingerprint density at radius 3 is 2.59 bits per heavy atom. The van der Waals surface area contributed by atoms with Crippen LogP contribution in [0.3, 0.4) is 0 Å². The second kappa shape index (κ2) is 8.67. The number of nitrogens with zero attached hydrogens (tertiary/aromatic N) is 3. The van der Waals surface area contributed by atoms with E-state index >= 15 is 0 Å². The first-order chi connectivity index (χ1) is 16.5. The number of furan rings is 1. The number of benzene rings is 3. The molecular weight excluding hydrogens is 434 g/mol. The largest absolute Gasteiger partial charge is 0.497 e. The molecule has 0 aliphatic carbocycles. The van der Waals surface area contributed by atoms with E-state index in [1.807, 2.05) is 49.4 Å². The zero-order valence-corrected chi connectivity index (χ0v) is 18.4. The monoisotopic (exact) mass is 453 g/mol. The number of nitro benzene ring substituents is 1. The van der Waals surface area contributed by atoms with Gasteiger partial charge in [0, 0.05) is 23.3 Å². The molecule has 0 amide bonds. The summed E-state index contributed by atoms with van der Waals surface area (Å²) in [7, 11) is 1.62. The van der Waals surface area contributed by atoms with E-state index in [1.54, 1.807) is 31.5 Å². The van der Waals surface area contributed by atoms with E-state index in [-0.39, 0.29) is 5.69 Å². The van der Waals surface area contributed by atoms with Crippen molar-refractivity contribution in [3.05, 3.63) is 94.2 Å². The van der Waals surface area contributed by atoms with Crippen molar-refractivity contribution < 1.29 is 18.5 Å². The van der Waals surface area contributed by atoms with Crippen LogP contribution < -0.4 is 4.74 Å². The molecule has 0 aliphatic heterocycles. The quantitative estimate of drug-likeness (QED) is 0.160. The van der Waals surface area contributed by atoms with E-state index in [2.05, 4.69) is 9.98 Å². The topological polar surface area (TPSA) is 104 Å². The molecule has 2 heterocycles. The first-order valence-corrected chi connectivity index (χ1v) is 10.4. The molecule has 0 aliphatic rings. The minimum atomic E-state index is -0.422. The Hall–Kier alpha value is -4.72. The van der Waals surface area contributed by atoms with Crippen molar-refractivity contribution in [1.82, 2.24) is 4.98 Å². The molecule has 0 N–H and O–H groups in total. The molecule has 0 radical (unpaired) electrons. The lowest BCUT2D eigenvalue weighted by Crippen LogP contribution is -1.90. The number of hydrogen-bond acceptors (Lipinski definition) is 7. The second-order valence-electron chi connectivity index (χ2n) is 7.62. The number of nitro groups is 1. The Kier molecular flexibility index (Phi) is 5.39. The Morgan fingerprint density at radius 2 is 1.82 bits per heavy atom.